The van der Waals surface area contributed by atoms with E-state index < -0.39 is 11.8 Å². The Morgan fingerprint density at radius 1 is 1.41 bits per heavy atom. The van der Waals surface area contributed by atoms with Gasteiger partial charge in [0.15, 0.2) is 5.78 Å². The Morgan fingerprint density at radius 2 is 2.12 bits per heavy atom. The summed E-state index contributed by atoms with van der Waals surface area (Å²) in [7, 11) is 0. The van der Waals surface area contributed by atoms with Gasteiger partial charge < -0.3 is 10.1 Å². The molecular formula is C12H14FNO3. The van der Waals surface area contributed by atoms with Crippen LogP contribution in [0.15, 0.2) is 18.2 Å². The molecule has 0 aliphatic carbocycles. The van der Waals surface area contributed by atoms with E-state index in [0.29, 0.717) is 11.3 Å². The number of rotatable bonds is 5. The number of esters is 1. The molecule has 0 aliphatic rings. The summed E-state index contributed by atoms with van der Waals surface area (Å²) in [4.78, 5) is 22.4. The van der Waals surface area contributed by atoms with Gasteiger partial charge in [0, 0.05) is 11.3 Å². The van der Waals surface area contributed by atoms with Crippen molar-refractivity contribution in [2.45, 2.75) is 13.8 Å². The zero-order chi connectivity index (χ0) is 12.8. The highest BCUT2D eigenvalue weighted by Gasteiger charge is 2.09. The Labute approximate surface area is 98.8 Å². The Hall–Kier alpha value is -1.91. The number of nitrogens with one attached hydrogen (secondary N) is 1. The van der Waals surface area contributed by atoms with E-state index in [1.165, 1.54) is 25.1 Å². The van der Waals surface area contributed by atoms with Crippen LogP contribution < -0.4 is 5.32 Å². The zero-order valence-electron chi connectivity index (χ0n) is 9.75. The molecule has 0 heterocycles. The van der Waals surface area contributed by atoms with Crippen molar-refractivity contribution in [2.24, 2.45) is 0 Å². The normalized spacial score (nSPS) is 9.82. The fraction of sp³-hybridized carbons (Fsp3) is 0.333. The van der Waals surface area contributed by atoms with Crippen molar-refractivity contribution in [2.75, 3.05) is 18.5 Å². The van der Waals surface area contributed by atoms with Gasteiger partial charge in [-0.25, -0.2) is 4.39 Å². The van der Waals surface area contributed by atoms with E-state index in [0.717, 1.165) is 0 Å². The van der Waals surface area contributed by atoms with Gasteiger partial charge in [-0.2, -0.15) is 0 Å². The van der Waals surface area contributed by atoms with Crippen LogP contribution in [0.4, 0.5) is 10.1 Å². The molecule has 1 N–H and O–H groups in total. The minimum atomic E-state index is -0.471. The minimum absolute atomic E-state index is 0.0996. The summed E-state index contributed by atoms with van der Waals surface area (Å²) in [6.45, 7) is 3.25. The van der Waals surface area contributed by atoms with E-state index in [9.17, 15) is 14.0 Å². The predicted molar refractivity (Wildman–Crippen MR) is 61.5 cm³/mol. The predicted octanol–water partition coefficient (Wildman–Crippen LogP) is 2.00. The number of hydrogen-bond acceptors (Lipinski definition) is 4. The van der Waals surface area contributed by atoms with Crippen LogP contribution in [0.25, 0.3) is 0 Å². The average molecular weight is 239 g/mol. The lowest BCUT2D eigenvalue weighted by atomic mass is 10.1. The van der Waals surface area contributed by atoms with Gasteiger partial charge in [0.1, 0.15) is 12.4 Å². The summed E-state index contributed by atoms with van der Waals surface area (Å²) >= 11 is 0. The van der Waals surface area contributed by atoms with Crippen LogP contribution in [0.1, 0.15) is 24.2 Å². The zero-order valence-corrected chi connectivity index (χ0v) is 9.75. The largest absolute Gasteiger partial charge is 0.465 e. The van der Waals surface area contributed by atoms with Crippen molar-refractivity contribution in [3.05, 3.63) is 29.6 Å². The first-order valence-electron chi connectivity index (χ1n) is 5.24. The van der Waals surface area contributed by atoms with Crippen molar-refractivity contribution in [1.29, 1.82) is 0 Å². The van der Waals surface area contributed by atoms with E-state index >= 15 is 0 Å². The summed E-state index contributed by atoms with van der Waals surface area (Å²) in [5, 5.41) is 2.68. The average Bonchev–Trinajstić information content (AvgIpc) is 2.26. The van der Waals surface area contributed by atoms with Crippen molar-refractivity contribution < 1.29 is 18.7 Å². The lowest BCUT2D eigenvalue weighted by Crippen LogP contribution is -2.18. The first kappa shape index (κ1) is 13.2. The molecule has 0 amide bonds. The van der Waals surface area contributed by atoms with E-state index in [1.54, 1.807) is 6.92 Å². The summed E-state index contributed by atoms with van der Waals surface area (Å²) in [6, 6.07) is 3.76. The third-order valence-corrected chi connectivity index (χ3v) is 2.09. The highest BCUT2D eigenvalue weighted by atomic mass is 19.1. The summed E-state index contributed by atoms with van der Waals surface area (Å²) in [5.41, 5.74) is 0.640. The van der Waals surface area contributed by atoms with Crippen LogP contribution in [-0.2, 0) is 9.53 Å². The highest BCUT2D eigenvalue weighted by Crippen LogP contribution is 2.17. The van der Waals surface area contributed by atoms with Crippen molar-refractivity contribution in [3.63, 3.8) is 0 Å². The second-order valence-electron chi connectivity index (χ2n) is 3.40. The molecule has 1 aromatic carbocycles. The van der Waals surface area contributed by atoms with Gasteiger partial charge in [-0.15, -0.1) is 0 Å². The molecule has 0 atom stereocenters. The first-order chi connectivity index (χ1) is 8.04. The molecule has 0 bridgehead atoms. The smallest absolute Gasteiger partial charge is 0.325 e. The summed E-state index contributed by atoms with van der Waals surface area (Å²) in [5.74, 6) is -1.12. The van der Waals surface area contributed by atoms with Gasteiger partial charge in [0.2, 0.25) is 0 Å². The molecule has 17 heavy (non-hydrogen) atoms. The molecule has 0 radical (unpaired) electrons. The maximum absolute atomic E-state index is 13.0. The number of carbonyl (C=O) groups excluding carboxylic acids is 2. The number of anilines is 1. The Bertz CT molecular complexity index is 432. The Balaban J connectivity index is 2.78. The van der Waals surface area contributed by atoms with Crippen LogP contribution in [0.3, 0.4) is 0 Å². The van der Waals surface area contributed by atoms with Crippen LogP contribution in [0, 0.1) is 5.82 Å². The molecule has 1 rings (SSSR count). The monoisotopic (exact) mass is 239 g/mol. The number of ether oxygens (including phenoxy) is 1. The van der Waals surface area contributed by atoms with Crippen LogP contribution in [0.2, 0.25) is 0 Å². The molecule has 0 aliphatic heterocycles. The number of benzene rings is 1. The standard InChI is InChI=1S/C12H14FNO3/c1-3-17-12(16)7-14-11-6-9(13)4-5-10(11)8(2)15/h4-6,14H,3,7H2,1-2H3. The van der Waals surface area contributed by atoms with E-state index in [-0.39, 0.29) is 18.9 Å². The number of hydrogen-bond donors (Lipinski definition) is 1. The van der Waals surface area contributed by atoms with Crippen molar-refractivity contribution in [1.82, 2.24) is 0 Å². The number of carbonyl (C=O) groups is 2. The Morgan fingerprint density at radius 3 is 2.71 bits per heavy atom. The van der Waals surface area contributed by atoms with Crippen molar-refractivity contribution >= 4 is 17.4 Å². The quantitative estimate of drug-likeness (QED) is 0.630. The van der Waals surface area contributed by atoms with Crippen molar-refractivity contribution in [3.8, 4) is 0 Å². The van der Waals surface area contributed by atoms with Crippen LogP contribution in [-0.4, -0.2) is 24.9 Å². The molecule has 5 heteroatoms. The number of halogens is 1. The SMILES string of the molecule is CCOC(=O)CNc1cc(F)ccc1C(C)=O. The van der Waals surface area contributed by atoms with Crippen LogP contribution >= 0.6 is 0 Å². The summed E-state index contributed by atoms with van der Waals surface area (Å²) in [6.07, 6.45) is 0. The first-order valence-corrected chi connectivity index (χ1v) is 5.24. The number of Topliss-reactive ketones (excluding diaryl/α,β-unsaturated/α-hetero) is 1. The second kappa shape index (κ2) is 5.98. The van der Waals surface area contributed by atoms with E-state index in [1.807, 2.05) is 0 Å². The van der Waals surface area contributed by atoms with Gasteiger partial charge in [-0.05, 0) is 32.0 Å². The molecule has 0 aromatic heterocycles. The third-order valence-electron chi connectivity index (χ3n) is 2.09. The fourth-order valence-corrected chi connectivity index (χ4v) is 1.35. The lowest BCUT2D eigenvalue weighted by molar-refractivity contribution is -0.140. The fourth-order valence-electron chi connectivity index (χ4n) is 1.35. The molecule has 0 spiro atoms. The van der Waals surface area contributed by atoms with Gasteiger partial charge in [0.25, 0.3) is 0 Å². The highest BCUT2D eigenvalue weighted by molar-refractivity contribution is 5.99. The summed E-state index contributed by atoms with van der Waals surface area (Å²) < 4.78 is 17.7. The van der Waals surface area contributed by atoms with Gasteiger partial charge in [0.05, 0.1) is 6.61 Å². The maximum atomic E-state index is 13.0. The molecular weight excluding hydrogens is 225 g/mol. The van der Waals surface area contributed by atoms with Gasteiger partial charge in [-0.3, -0.25) is 9.59 Å². The molecule has 92 valence electrons. The topological polar surface area (TPSA) is 55.4 Å². The Kier molecular flexibility index (Phi) is 4.63. The van der Waals surface area contributed by atoms with Crippen LogP contribution in [0.5, 0.6) is 0 Å². The lowest BCUT2D eigenvalue weighted by Gasteiger charge is -2.09. The third kappa shape index (κ3) is 3.86. The molecule has 0 saturated carbocycles. The second-order valence-corrected chi connectivity index (χ2v) is 3.40. The molecule has 1 aromatic rings. The van der Waals surface area contributed by atoms with Gasteiger partial charge in [-0.1, -0.05) is 0 Å². The minimum Gasteiger partial charge on any atom is -0.465 e. The maximum Gasteiger partial charge on any atom is 0.325 e. The molecule has 0 saturated heterocycles. The van der Waals surface area contributed by atoms with Gasteiger partial charge >= 0.3 is 5.97 Å². The number of ketones is 1. The molecule has 4 nitrogen and oxygen atoms in total. The molecule has 0 unspecified atom stereocenters. The van der Waals surface area contributed by atoms with E-state index in [2.05, 4.69) is 5.32 Å². The van der Waals surface area contributed by atoms with E-state index in [4.69, 9.17) is 4.74 Å². The molecule has 0 fully saturated rings.